The van der Waals surface area contributed by atoms with E-state index in [0.717, 1.165) is 4.47 Å². The van der Waals surface area contributed by atoms with Crippen molar-refractivity contribution in [3.8, 4) is 17.2 Å². The van der Waals surface area contributed by atoms with Crippen LogP contribution in [0.1, 0.15) is 0 Å². The van der Waals surface area contributed by atoms with Gasteiger partial charge in [-0.25, -0.2) is 4.79 Å². The Balaban J connectivity index is 1.83. The number of ether oxygens (including phenoxy) is 4. The van der Waals surface area contributed by atoms with Gasteiger partial charge in [-0.1, -0.05) is 27.5 Å². The van der Waals surface area contributed by atoms with Gasteiger partial charge in [-0.05, 0) is 30.3 Å². The molecule has 0 aliphatic carbocycles. The first-order valence-electron chi connectivity index (χ1n) is 7.27. The summed E-state index contributed by atoms with van der Waals surface area (Å²) in [7, 11) is 2.97. The lowest BCUT2D eigenvalue weighted by molar-refractivity contribution is 0.137. The molecule has 8 heteroatoms. The van der Waals surface area contributed by atoms with Crippen LogP contribution in [0.5, 0.6) is 17.2 Å². The molecule has 0 aromatic heterocycles. The number of carbonyl (C=O) groups excluding carboxylic acids is 1. The number of halogens is 2. The van der Waals surface area contributed by atoms with E-state index < -0.39 is 6.09 Å². The van der Waals surface area contributed by atoms with Gasteiger partial charge in [-0.15, -0.1) is 0 Å². The smallest absolute Gasteiger partial charge is 0.411 e. The fourth-order valence-corrected chi connectivity index (χ4v) is 2.43. The Bertz CT molecular complexity index is 724. The molecule has 2 aromatic rings. The normalized spacial score (nSPS) is 10.1. The monoisotopic (exact) mass is 429 g/mol. The Hall–Kier alpha value is -2.12. The average Bonchev–Trinajstić information content (AvgIpc) is 2.60. The van der Waals surface area contributed by atoms with E-state index in [9.17, 15) is 4.79 Å². The van der Waals surface area contributed by atoms with Crippen molar-refractivity contribution >= 4 is 39.3 Å². The zero-order valence-corrected chi connectivity index (χ0v) is 16.0. The van der Waals surface area contributed by atoms with E-state index in [1.807, 2.05) is 24.3 Å². The van der Waals surface area contributed by atoms with Crippen LogP contribution in [0.15, 0.2) is 40.9 Å². The van der Waals surface area contributed by atoms with Gasteiger partial charge >= 0.3 is 6.09 Å². The molecule has 134 valence electrons. The van der Waals surface area contributed by atoms with Gasteiger partial charge in [-0.2, -0.15) is 0 Å². The molecule has 0 fully saturated rings. The molecule has 0 unspecified atom stereocenters. The number of anilines is 1. The molecule has 0 atom stereocenters. The van der Waals surface area contributed by atoms with Gasteiger partial charge in [0.2, 0.25) is 0 Å². The highest BCUT2D eigenvalue weighted by atomic mass is 79.9. The first-order valence-corrected chi connectivity index (χ1v) is 8.44. The summed E-state index contributed by atoms with van der Waals surface area (Å²) in [6, 6.07) is 10.5. The maximum atomic E-state index is 11.9. The maximum absolute atomic E-state index is 11.9. The first-order chi connectivity index (χ1) is 12.0. The summed E-state index contributed by atoms with van der Waals surface area (Å²) in [5, 5.41) is 2.92. The van der Waals surface area contributed by atoms with Gasteiger partial charge in [0.25, 0.3) is 0 Å². The highest BCUT2D eigenvalue weighted by Crippen LogP contribution is 2.35. The Labute approximate surface area is 159 Å². The standard InChI is InChI=1S/C17H17BrClNO5/c1-22-15-10-16(23-2)14(9-13(15)19)20-17(21)25-8-7-24-12-5-3-11(18)4-6-12/h3-6,9-10H,7-8H2,1-2H3,(H,20,21). The van der Waals surface area contributed by atoms with Gasteiger partial charge in [0.05, 0.1) is 24.9 Å². The molecule has 0 bridgehead atoms. The Kier molecular flexibility index (Phi) is 7.21. The molecule has 0 heterocycles. The van der Waals surface area contributed by atoms with Crippen LogP contribution in [0.3, 0.4) is 0 Å². The third-order valence-corrected chi connectivity index (χ3v) is 3.93. The number of hydrogen-bond donors (Lipinski definition) is 1. The molecule has 0 saturated carbocycles. The minimum Gasteiger partial charge on any atom is -0.495 e. The zero-order chi connectivity index (χ0) is 18.2. The zero-order valence-electron chi connectivity index (χ0n) is 13.7. The Morgan fingerprint density at radius 1 is 1.08 bits per heavy atom. The van der Waals surface area contributed by atoms with E-state index in [4.69, 9.17) is 30.5 Å². The van der Waals surface area contributed by atoms with Gasteiger partial charge < -0.3 is 18.9 Å². The number of amides is 1. The van der Waals surface area contributed by atoms with E-state index in [1.54, 1.807) is 6.07 Å². The second-order valence-corrected chi connectivity index (χ2v) is 6.07. The Morgan fingerprint density at radius 2 is 1.76 bits per heavy atom. The number of benzene rings is 2. The summed E-state index contributed by atoms with van der Waals surface area (Å²) >= 11 is 9.39. The van der Waals surface area contributed by atoms with Crippen LogP contribution in [0.2, 0.25) is 5.02 Å². The molecule has 0 saturated heterocycles. The third kappa shape index (κ3) is 5.72. The van der Waals surface area contributed by atoms with Crippen molar-refractivity contribution in [1.82, 2.24) is 0 Å². The molecule has 0 radical (unpaired) electrons. The maximum Gasteiger partial charge on any atom is 0.411 e. The summed E-state index contributed by atoms with van der Waals surface area (Å²) in [5.41, 5.74) is 0.382. The number of rotatable bonds is 7. The lowest BCUT2D eigenvalue weighted by atomic mass is 10.2. The second kappa shape index (κ2) is 9.39. The van der Waals surface area contributed by atoms with Crippen molar-refractivity contribution in [2.24, 2.45) is 0 Å². The van der Waals surface area contributed by atoms with Crippen LogP contribution in [0, 0.1) is 0 Å². The molecule has 0 aliphatic heterocycles. The largest absolute Gasteiger partial charge is 0.495 e. The SMILES string of the molecule is COc1cc(OC)c(NC(=O)OCCOc2ccc(Br)cc2)cc1Cl. The topological polar surface area (TPSA) is 66.0 Å². The van der Waals surface area contributed by atoms with Crippen LogP contribution < -0.4 is 19.5 Å². The van der Waals surface area contributed by atoms with Crippen molar-refractivity contribution in [3.63, 3.8) is 0 Å². The van der Waals surface area contributed by atoms with Crippen molar-refractivity contribution in [2.75, 3.05) is 32.8 Å². The minimum absolute atomic E-state index is 0.0914. The van der Waals surface area contributed by atoms with E-state index in [0.29, 0.717) is 28.0 Å². The molecular weight excluding hydrogens is 414 g/mol. The van der Waals surface area contributed by atoms with Crippen molar-refractivity contribution in [3.05, 3.63) is 45.9 Å². The second-order valence-electron chi connectivity index (χ2n) is 4.75. The van der Waals surface area contributed by atoms with Crippen LogP contribution >= 0.6 is 27.5 Å². The molecule has 25 heavy (non-hydrogen) atoms. The molecule has 0 spiro atoms. The highest BCUT2D eigenvalue weighted by Gasteiger charge is 2.13. The van der Waals surface area contributed by atoms with E-state index >= 15 is 0 Å². The van der Waals surface area contributed by atoms with E-state index in [2.05, 4.69) is 21.2 Å². The summed E-state index contributed by atoms with van der Waals surface area (Å²) in [4.78, 5) is 11.9. The highest BCUT2D eigenvalue weighted by molar-refractivity contribution is 9.10. The lowest BCUT2D eigenvalue weighted by Gasteiger charge is -2.13. The van der Waals surface area contributed by atoms with E-state index in [1.165, 1.54) is 20.3 Å². The van der Waals surface area contributed by atoms with Gasteiger partial charge in [-0.3, -0.25) is 5.32 Å². The van der Waals surface area contributed by atoms with Crippen LogP contribution in [-0.2, 0) is 4.74 Å². The van der Waals surface area contributed by atoms with Crippen molar-refractivity contribution in [1.29, 1.82) is 0 Å². The van der Waals surface area contributed by atoms with Crippen LogP contribution in [-0.4, -0.2) is 33.5 Å². The molecular formula is C17H17BrClNO5. The number of carbonyl (C=O) groups is 1. The fourth-order valence-electron chi connectivity index (χ4n) is 1.93. The molecule has 1 N–H and O–H groups in total. The van der Waals surface area contributed by atoms with Gasteiger partial charge in [0.1, 0.15) is 30.5 Å². The lowest BCUT2D eigenvalue weighted by Crippen LogP contribution is -2.18. The number of methoxy groups -OCH3 is 2. The molecule has 6 nitrogen and oxygen atoms in total. The summed E-state index contributed by atoms with van der Waals surface area (Å²) < 4.78 is 21.8. The third-order valence-electron chi connectivity index (χ3n) is 3.11. The summed E-state index contributed by atoms with van der Waals surface area (Å²) in [5.74, 6) is 1.54. The quantitative estimate of drug-likeness (QED) is 0.642. The molecule has 2 aromatic carbocycles. The Morgan fingerprint density at radius 3 is 2.40 bits per heavy atom. The minimum atomic E-state index is -0.640. The van der Waals surface area contributed by atoms with Crippen molar-refractivity contribution < 1.29 is 23.7 Å². The van der Waals surface area contributed by atoms with Gasteiger partial charge in [0, 0.05) is 10.5 Å². The summed E-state index contributed by atoms with van der Waals surface area (Å²) in [6.45, 7) is 0.323. The molecule has 2 rings (SSSR count). The van der Waals surface area contributed by atoms with Crippen LogP contribution in [0.25, 0.3) is 0 Å². The predicted molar refractivity (Wildman–Crippen MR) is 99.2 cm³/mol. The number of hydrogen-bond acceptors (Lipinski definition) is 5. The average molecular weight is 431 g/mol. The van der Waals surface area contributed by atoms with E-state index in [-0.39, 0.29) is 13.2 Å². The first kappa shape index (κ1) is 19.2. The van der Waals surface area contributed by atoms with Gasteiger partial charge in [0.15, 0.2) is 0 Å². The fraction of sp³-hybridized carbons (Fsp3) is 0.235. The van der Waals surface area contributed by atoms with Crippen molar-refractivity contribution in [2.45, 2.75) is 0 Å². The van der Waals surface area contributed by atoms with Crippen LogP contribution in [0.4, 0.5) is 10.5 Å². The molecule has 0 aliphatic rings. The molecule has 1 amide bonds. The summed E-state index contributed by atoms with van der Waals surface area (Å²) in [6.07, 6.45) is -0.640. The predicted octanol–water partition coefficient (Wildman–Crippen LogP) is 4.75. The number of nitrogens with one attached hydrogen (secondary N) is 1.